The van der Waals surface area contributed by atoms with Gasteiger partial charge in [-0.25, -0.2) is 0 Å². The number of hydrogen-bond acceptors (Lipinski definition) is 3. The van der Waals surface area contributed by atoms with Gasteiger partial charge >= 0.3 is 0 Å². The summed E-state index contributed by atoms with van der Waals surface area (Å²) in [4.78, 5) is 12.9. The van der Waals surface area contributed by atoms with Gasteiger partial charge in [0.15, 0.2) is 5.76 Å². The van der Waals surface area contributed by atoms with Crippen molar-refractivity contribution in [1.29, 1.82) is 0 Å². The zero-order valence-corrected chi connectivity index (χ0v) is 14.9. The third kappa shape index (κ3) is 3.77. The summed E-state index contributed by atoms with van der Waals surface area (Å²) < 4.78 is 5.47. The first-order valence-corrected chi connectivity index (χ1v) is 8.89. The summed E-state index contributed by atoms with van der Waals surface area (Å²) in [6.07, 6.45) is 8.62. The Bertz CT molecular complexity index is 551. The molecule has 23 heavy (non-hydrogen) atoms. The van der Waals surface area contributed by atoms with Gasteiger partial charge in [0, 0.05) is 17.1 Å². The van der Waals surface area contributed by atoms with Crippen LogP contribution >= 0.6 is 0 Å². The summed E-state index contributed by atoms with van der Waals surface area (Å²) in [6, 6.07) is 0. The lowest BCUT2D eigenvalue weighted by Gasteiger charge is -2.32. The molecule has 1 unspecified atom stereocenters. The number of carbonyl (C=O) groups excluding carboxylic acids is 1. The highest BCUT2D eigenvalue weighted by molar-refractivity contribution is 6.09. The lowest BCUT2D eigenvalue weighted by atomic mass is 9.76. The van der Waals surface area contributed by atoms with E-state index in [1.807, 2.05) is 6.92 Å². The molecule has 0 aliphatic heterocycles. The fourth-order valence-electron chi connectivity index (χ4n) is 3.77. The highest BCUT2D eigenvalue weighted by Crippen LogP contribution is 2.39. The molecule has 2 aliphatic rings. The van der Waals surface area contributed by atoms with E-state index in [2.05, 4.69) is 19.9 Å². The molecule has 0 aromatic heterocycles. The molecule has 2 rings (SSSR count). The lowest BCUT2D eigenvalue weighted by Crippen LogP contribution is -2.31. The standard InChI is InChI=1S/C20H30O3/c1-5-6-7-11-16-14(3)18(21)17(20(23-4)19(16)22)15-10-8-9-13(2)12-15/h12,15,18,21H,5-11H2,1-4H3/t15-,18?/m0/s1. The number of Topliss-reactive ketones (excluding diaryl/α,β-unsaturated/α-hetero) is 1. The Morgan fingerprint density at radius 3 is 2.65 bits per heavy atom. The van der Waals surface area contributed by atoms with Crippen molar-refractivity contribution >= 4 is 5.78 Å². The molecule has 1 N–H and O–H groups in total. The molecule has 0 saturated carbocycles. The first kappa shape index (κ1) is 18.0. The SMILES string of the molecule is CCCCCC1=C(C)C(O)C([C@@H]2C=C(C)CCC2)=C(OC)C1=O. The van der Waals surface area contributed by atoms with Crippen molar-refractivity contribution in [3.63, 3.8) is 0 Å². The topological polar surface area (TPSA) is 46.5 Å². The number of aliphatic hydroxyl groups is 1. The van der Waals surface area contributed by atoms with Crippen LogP contribution in [0.5, 0.6) is 0 Å². The van der Waals surface area contributed by atoms with Crippen LogP contribution in [0.2, 0.25) is 0 Å². The van der Waals surface area contributed by atoms with Gasteiger partial charge in [0.1, 0.15) is 6.10 Å². The van der Waals surface area contributed by atoms with Crippen LogP contribution in [-0.2, 0) is 9.53 Å². The molecule has 2 atom stereocenters. The molecule has 0 spiro atoms. The summed E-state index contributed by atoms with van der Waals surface area (Å²) in [5.74, 6) is 0.480. The minimum atomic E-state index is -0.688. The van der Waals surface area contributed by atoms with Gasteiger partial charge in [-0.1, -0.05) is 31.4 Å². The average molecular weight is 318 g/mol. The summed E-state index contributed by atoms with van der Waals surface area (Å²) >= 11 is 0. The van der Waals surface area contributed by atoms with Crippen molar-refractivity contribution in [1.82, 2.24) is 0 Å². The molecule has 128 valence electrons. The smallest absolute Gasteiger partial charge is 0.223 e. The van der Waals surface area contributed by atoms with Crippen LogP contribution in [-0.4, -0.2) is 24.1 Å². The van der Waals surface area contributed by atoms with Gasteiger partial charge in [0.05, 0.1) is 7.11 Å². The first-order chi connectivity index (χ1) is 11.0. The van der Waals surface area contributed by atoms with Gasteiger partial charge in [0.2, 0.25) is 5.78 Å². The molecule has 0 amide bonds. The maximum atomic E-state index is 12.9. The summed E-state index contributed by atoms with van der Waals surface area (Å²) in [6.45, 7) is 6.17. The van der Waals surface area contributed by atoms with Gasteiger partial charge in [-0.05, 0) is 51.5 Å². The van der Waals surface area contributed by atoms with Crippen molar-refractivity contribution in [2.75, 3.05) is 7.11 Å². The van der Waals surface area contributed by atoms with Gasteiger partial charge in [-0.15, -0.1) is 0 Å². The van der Waals surface area contributed by atoms with Crippen molar-refractivity contribution < 1.29 is 14.6 Å². The third-order valence-corrected chi connectivity index (χ3v) is 5.13. The fraction of sp³-hybridized carbons (Fsp3) is 0.650. The summed E-state index contributed by atoms with van der Waals surface area (Å²) in [5.41, 5.74) is 3.68. The van der Waals surface area contributed by atoms with Crippen LogP contribution in [0.25, 0.3) is 0 Å². The van der Waals surface area contributed by atoms with Crippen molar-refractivity contribution in [2.45, 2.75) is 71.8 Å². The van der Waals surface area contributed by atoms with E-state index in [0.717, 1.165) is 61.7 Å². The molecular formula is C20H30O3. The average Bonchev–Trinajstić information content (AvgIpc) is 2.54. The fourth-order valence-corrected chi connectivity index (χ4v) is 3.77. The Kier molecular flexibility index (Phi) is 6.23. The predicted octanol–water partition coefficient (Wildman–Crippen LogP) is 4.47. The van der Waals surface area contributed by atoms with E-state index in [1.165, 1.54) is 5.57 Å². The minimum absolute atomic E-state index is 0.0157. The molecule has 0 bridgehead atoms. The number of methoxy groups -OCH3 is 1. The number of hydrogen-bond donors (Lipinski definition) is 1. The highest BCUT2D eigenvalue weighted by Gasteiger charge is 2.36. The summed E-state index contributed by atoms with van der Waals surface area (Å²) in [5, 5.41) is 10.8. The molecule has 0 fully saturated rings. The molecule has 0 heterocycles. The second-order valence-electron chi connectivity index (χ2n) is 6.85. The second kappa shape index (κ2) is 7.96. The summed E-state index contributed by atoms with van der Waals surface area (Å²) in [7, 11) is 1.55. The number of rotatable bonds is 6. The van der Waals surface area contributed by atoms with Gasteiger partial charge in [0.25, 0.3) is 0 Å². The van der Waals surface area contributed by atoms with Gasteiger partial charge in [-0.2, -0.15) is 0 Å². The van der Waals surface area contributed by atoms with Crippen LogP contribution in [0.15, 0.2) is 34.1 Å². The lowest BCUT2D eigenvalue weighted by molar-refractivity contribution is -0.115. The number of aliphatic hydroxyl groups excluding tert-OH is 1. The van der Waals surface area contributed by atoms with Crippen molar-refractivity contribution in [3.05, 3.63) is 34.1 Å². The Morgan fingerprint density at radius 1 is 1.30 bits per heavy atom. The predicted molar refractivity (Wildman–Crippen MR) is 93.0 cm³/mol. The van der Waals surface area contributed by atoms with E-state index in [-0.39, 0.29) is 11.7 Å². The maximum absolute atomic E-state index is 12.9. The monoisotopic (exact) mass is 318 g/mol. The normalized spacial score (nSPS) is 25.8. The Hall–Kier alpha value is -1.35. The van der Waals surface area contributed by atoms with Crippen molar-refractivity contribution in [2.24, 2.45) is 5.92 Å². The van der Waals surface area contributed by atoms with E-state index >= 15 is 0 Å². The van der Waals surface area contributed by atoms with Gasteiger partial charge in [-0.3, -0.25) is 4.79 Å². The zero-order valence-electron chi connectivity index (χ0n) is 14.9. The number of allylic oxidation sites excluding steroid dienone is 3. The number of carbonyl (C=O) groups is 1. The third-order valence-electron chi connectivity index (χ3n) is 5.13. The highest BCUT2D eigenvalue weighted by atomic mass is 16.5. The molecule has 0 saturated heterocycles. The van der Waals surface area contributed by atoms with E-state index in [9.17, 15) is 9.90 Å². The molecule has 3 heteroatoms. The van der Waals surface area contributed by atoms with E-state index in [4.69, 9.17) is 4.74 Å². The number of unbranched alkanes of at least 4 members (excludes halogenated alkanes) is 2. The van der Waals surface area contributed by atoms with Crippen LogP contribution in [0.3, 0.4) is 0 Å². The zero-order chi connectivity index (χ0) is 17.0. The minimum Gasteiger partial charge on any atom is -0.493 e. The molecular weight excluding hydrogens is 288 g/mol. The second-order valence-corrected chi connectivity index (χ2v) is 6.85. The molecule has 0 aromatic rings. The molecule has 2 aliphatic carbocycles. The molecule has 3 nitrogen and oxygen atoms in total. The quantitative estimate of drug-likeness (QED) is 0.580. The van der Waals surface area contributed by atoms with Crippen LogP contribution in [0, 0.1) is 5.92 Å². The van der Waals surface area contributed by atoms with Crippen LogP contribution in [0.4, 0.5) is 0 Å². The Labute approximate surface area is 140 Å². The number of ether oxygens (including phenoxy) is 1. The van der Waals surface area contributed by atoms with E-state index < -0.39 is 6.10 Å². The Morgan fingerprint density at radius 2 is 2.04 bits per heavy atom. The molecule has 0 radical (unpaired) electrons. The largest absolute Gasteiger partial charge is 0.493 e. The first-order valence-electron chi connectivity index (χ1n) is 8.89. The van der Waals surface area contributed by atoms with Gasteiger partial charge < -0.3 is 9.84 Å². The van der Waals surface area contributed by atoms with E-state index in [0.29, 0.717) is 5.76 Å². The number of ketones is 1. The van der Waals surface area contributed by atoms with E-state index in [1.54, 1.807) is 7.11 Å². The Balaban J connectivity index is 2.34. The maximum Gasteiger partial charge on any atom is 0.223 e. The van der Waals surface area contributed by atoms with Crippen LogP contribution < -0.4 is 0 Å². The van der Waals surface area contributed by atoms with Crippen molar-refractivity contribution in [3.8, 4) is 0 Å². The van der Waals surface area contributed by atoms with Crippen LogP contribution in [0.1, 0.15) is 65.7 Å². The molecule has 0 aromatic carbocycles.